The summed E-state index contributed by atoms with van der Waals surface area (Å²) in [5.41, 5.74) is 3.12. The number of thiophene rings is 1. The van der Waals surface area contributed by atoms with E-state index >= 15 is 0 Å². The monoisotopic (exact) mass is 371 g/mol. The summed E-state index contributed by atoms with van der Waals surface area (Å²) in [7, 11) is 0. The fourth-order valence-electron chi connectivity index (χ4n) is 3.51. The van der Waals surface area contributed by atoms with Crippen LogP contribution in [0.15, 0.2) is 41.4 Å². The number of benzene rings is 1. The molecule has 0 spiro atoms. The van der Waals surface area contributed by atoms with Gasteiger partial charge < -0.3 is 5.32 Å². The highest BCUT2D eigenvalue weighted by atomic mass is 32.1. The van der Waals surface area contributed by atoms with Crippen LogP contribution in [0.2, 0.25) is 0 Å². The van der Waals surface area contributed by atoms with Gasteiger partial charge in [0.25, 0.3) is 5.91 Å². The first-order valence-corrected chi connectivity index (χ1v) is 10.4. The molecule has 3 heterocycles. The van der Waals surface area contributed by atoms with E-state index in [1.54, 1.807) is 11.7 Å². The number of rotatable bonds is 5. The molecule has 0 aliphatic carbocycles. The van der Waals surface area contributed by atoms with Gasteiger partial charge >= 0.3 is 0 Å². The lowest BCUT2D eigenvalue weighted by Gasteiger charge is -2.32. The van der Waals surface area contributed by atoms with Crippen molar-refractivity contribution in [3.8, 4) is 0 Å². The average molecular weight is 372 g/mol. The van der Waals surface area contributed by atoms with Crippen LogP contribution in [0.3, 0.4) is 0 Å². The van der Waals surface area contributed by atoms with Gasteiger partial charge in [0, 0.05) is 24.3 Å². The van der Waals surface area contributed by atoms with Gasteiger partial charge in [-0.05, 0) is 47.7 Å². The van der Waals surface area contributed by atoms with E-state index in [1.807, 2.05) is 11.3 Å². The van der Waals surface area contributed by atoms with E-state index in [2.05, 4.69) is 44.8 Å². The number of hydrogen-bond acceptors (Lipinski definition) is 5. The number of carbonyl (C=O) groups is 1. The number of nitrogens with zero attached hydrogens (tertiary/aromatic N) is 2. The molecule has 25 heavy (non-hydrogen) atoms. The molecule has 4 rings (SSSR count). The average Bonchev–Trinajstić information content (AvgIpc) is 3.31. The molecule has 1 aliphatic rings. The van der Waals surface area contributed by atoms with Crippen molar-refractivity contribution in [1.29, 1.82) is 0 Å². The van der Waals surface area contributed by atoms with Crippen LogP contribution < -0.4 is 5.32 Å². The number of amides is 1. The first-order valence-electron chi connectivity index (χ1n) is 8.64. The molecule has 0 bridgehead atoms. The summed E-state index contributed by atoms with van der Waals surface area (Å²) >= 11 is 3.22. The van der Waals surface area contributed by atoms with E-state index in [0.717, 1.165) is 26.2 Å². The van der Waals surface area contributed by atoms with Crippen LogP contribution in [0.4, 0.5) is 0 Å². The van der Waals surface area contributed by atoms with Crippen molar-refractivity contribution in [3.63, 3.8) is 0 Å². The van der Waals surface area contributed by atoms with E-state index in [0.29, 0.717) is 10.8 Å². The highest BCUT2D eigenvalue weighted by Crippen LogP contribution is 2.28. The van der Waals surface area contributed by atoms with Crippen molar-refractivity contribution in [2.75, 3.05) is 19.6 Å². The predicted octanol–water partition coefficient (Wildman–Crippen LogP) is 4.00. The lowest BCUT2D eigenvalue weighted by molar-refractivity contribution is 0.0934. The minimum absolute atomic E-state index is 0.00320. The molecule has 1 N–H and O–H groups in total. The molecular formula is C19H21N3OS2. The molecule has 1 aromatic carbocycles. The number of piperidine rings is 1. The van der Waals surface area contributed by atoms with Crippen molar-refractivity contribution in [2.24, 2.45) is 5.92 Å². The van der Waals surface area contributed by atoms with Gasteiger partial charge in [-0.15, -0.1) is 22.7 Å². The quantitative estimate of drug-likeness (QED) is 0.737. The van der Waals surface area contributed by atoms with Crippen LogP contribution in [0, 0.1) is 5.92 Å². The second kappa shape index (κ2) is 7.64. The maximum Gasteiger partial charge on any atom is 0.263 e. The van der Waals surface area contributed by atoms with Crippen molar-refractivity contribution in [1.82, 2.24) is 15.2 Å². The molecule has 2 aromatic heterocycles. The van der Waals surface area contributed by atoms with Crippen molar-refractivity contribution < 1.29 is 4.79 Å². The summed E-state index contributed by atoms with van der Waals surface area (Å²) in [6.45, 7) is 3.94. The van der Waals surface area contributed by atoms with E-state index < -0.39 is 0 Å². The fourth-order valence-corrected chi connectivity index (χ4v) is 5.00. The molecular weight excluding hydrogens is 350 g/mol. The maximum absolute atomic E-state index is 12.1. The Morgan fingerprint density at radius 2 is 2.24 bits per heavy atom. The van der Waals surface area contributed by atoms with Crippen LogP contribution in [-0.2, 0) is 6.54 Å². The number of thiazole rings is 1. The topological polar surface area (TPSA) is 45.2 Å². The van der Waals surface area contributed by atoms with E-state index in [4.69, 9.17) is 0 Å². The minimum atomic E-state index is 0.00320. The van der Waals surface area contributed by atoms with Crippen LogP contribution in [0.5, 0.6) is 0 Å². The van der Waals surface area contributed by atoms with Gasteiger partial charge in [-0.1, -0.05) is 18.2 Å². The summed E-state index contributed by atoms with van der Waals surface area (Å²) in [5.74, 6) is 0.527. The molecule has 130 valence electrons. The number of likely N-dealkylation sites (tertiary alicyclic amines) is 1. The molecule has 1 atom stereocenters. The Hall–Kier alpha value is -1.76. The Morgan fingerprint density at radius 3 is 3.12 bits per heavy atom. The van der Waals surface area contributed by atoms with Gasteiger partial charge in [0.15, 0.2) is 0 Å². The number of aromatic nitrogens is 1. The standard InChI is InChI=1S/C19H21N3OS2/c23-19(18-9-20-13-25-18)21-8-14-4-3-7-22(10-14)11-15-12-24-17-6-2-1-5-16(15)17/h1-2,5-6,9,12-14H,3-4,7-8,10-11H2,(H,21,23). The van der Waals surface area contributed by atoms with E-state index in [9.17, 15) is 4.79 Å². The van der Waals surface area contributed by atoms with Crippen molar-refractivity contribution in [2.45, 2.75) is 19.4 Å². The van der Waals surface area contributed by atoms with Gasteiger partial charge in [0.2, 0.25) is 0 Å². The molecule has 1 fully saturated rings. The maximum atomic E-state index is 12.1. The van der Waals surface area contributed by atoms with Gasteiger partial charge in [0.1, 0.15) is 4.88 Å². The molecule has 4 nitrogen and oxygen atoms in total. The summed E-state index contributed by atoms with van der Waals surface area (Å²) in [6.07, 6.45) is 4.02. The lowest BCUT2D eigenvalue weighted by Crippen LogP contribution is -2.40. The van der Waals surface area contributed by atoms with Crippen LogP contribution >= 0.6 is 22.7 Å². The number of fused-ring (bicyclic) bond motifs is 1. The lowest BCUT2D eigenvalue weighted by atomic mass is 9.97. The molecule has 1 aliphatic heterocycles. The zero-order valence-corrected chi connectivity index (χ0v) is 15.6. The molecule has 3 aromatic rings. The highest BCUT2D eigenvalue weighted by Gasteiger charge is 2.21. The second-order valence-corrected chi connectivity index (χ2v) is 8.37. The number of hydrogen-bond donors (Lipinski definition) is 1. The largest absolute Gasteiger partial charge is 0.351 e. The SMILES string of the molecule is O=C(NCC1CCCN(Cc2csc3ccccc23)C1)c1cncs1. The summed E-state index contributed by atoms with van der Waals surface area (Å²) < 4.78 is 1.36. The van der Waals surface area contributed by atoms with Crippen LogP contribution in [0.25, 0.3) is 10.1 Å². The summed E-state index contributed by atoms with van der Waals surface area (Å²) in [4.78, 5) is 19.3. The smallest absolute Gasteiger partial charge is 0.263 e. The van der Waals surface area contributed by atoms with Crippen LogP contribution in [0.1, 0.15) is 28.1 Å². The van der Waals surface area contributed by atoms with Crippen molar-refractivity contribution >= 4 is 38.7 Å². The van der Waals surface area contributed by atoms with Crippen molar-refractivity contribution in [3.05, 3.63) is 51.8 Å². The molecule has 0 radical (unpaired) electrons. The van der Waals surface area contributed by atoms with Gasteiger partial charge in [-0.25, -0.2) is 0 Å². The minimum Gasteiger partial charge on any atom is -0.351 e. The second-order valence-electron chi connectivity index (χ2n) is 6.58. The van der Waals surface area contributed by atoms with Gasteiger partial charge in [0.05, 0.1) is 11.7 Å². The number of carbonyl (C=O) groups excluding carboxylic acids is 1. The Morgan fingerprint density at radius 1 is 1.32 bits per heavy atom. The highest BCUT2D eigenvalue weighted by molar-refractivity contribution is 7.17. The van der Waals surface area contributed by atoms with Gasteiger partial charge in [-0.2, -0.15) is 0 Å². The first kappa shape index (κ1) is 16.7. The Bertz CT molecular complexity index is 843. The Balaban J connectivity index is 1.34. The molecule has 6 heteroatoms. The fraction of sp³-hybridized carbons (Fsp3) is 0.368. The molecule has 1 unspecified atom stereocenters. The zero-order valence-electron chi connectivity index (χ0n) is 14.0. The molecule has 1 amide bonds. The first-order chi connectivity index (χ1) is 12.3. The zero-order chi connectivity index (χ0) is 17.1. The third kappa shape index (κ3) is 3.92. The molecule has 1 saturated heterocycles. The Labute approximate surface area is 155 Å². The number of nitrogens with one attached hydrogen (secondary N) is 1. The van der Waals surface area contributed by atoms with E-state index in [-0.39, 0.29) is 5.91 Å². The van der Waals surface area contributed by atoms with E-state index in [1.165, 1.54) is 39.8 Å². The van der Waals surface area contributed by atoms with Crippen LogP contribution in [-0.4, -0.2) is 35.4 Å². The molecule has 0 saturated carbocycles. The van der Waals surface area contributed by atoms with Gasteiger partial charge in [-0.3, -0.25) is 14.7 Å². The third-order valence-corrected chi connectivity index (χ3v) is 6.55. The third-order valence-electron chi connectivity index (χ3n) is 4.77. The Kier molecular flexibility index (Phi) is 5.10. The predicted molar refractivity (Wildman–Crippen MR) is 104 cm³/mol. The summed E-state index contributed by atoms with van der Waals surface area (Å²) in [6, 6.07) is 8.63. The normalized spacial score (nSPS) is 18.5. The summed E-state index contributed by atoms with van der Waals surface area (Å²) in [5, 5.41) is 6.74.